The molecule has 1 N–H and O–H groups in total. The molecule has 2 rings (SSSR count). The molecule has 0 saturated heterocycles. The van der Waals surface area contributed by atoms with E-state index in [0.717, 1.165) is 0 Å². The average molecular weight is 341 g/mol. The Morgan fingerprint density at radius 3 is 2.32 bits per heavy atom. The number of nitrogens with one attached hydrogen (secondary N) is 1. The molecule has 0 spiro atoms. The summed E-state index contributed by atoms with van der Waals surface area (Å²) in [5, 5.41) is 2.79. The number of hydrogen-bond donors (Lipinski definition) is 1. The fraction of sp³-hybridized carbons (Fsp3) is 0.300. The van der Waals surface area contributed by atoms with E-state index < -0.39 is 5.97 Å². The number of rotatable bonds is 7. The molecule has 0 heterocycles. The zero-order chi connectivity index (χ0) is 18.2. The van der Waals surface area contributed by atoms with Gasteiger partial charge in [0.25, 0.3) is 5.91 Å². The van der Waals surface area contributed by atoms with Gasteiger partial charge in [-0.1, -0.05) is 38.1 Å². The van der Waals surface area contributed by atoms with Crippen molar-refractivity contribution < 1.29 is 19.1 Å². The topological polar surface area (TPSA) is 64.6 Å². The summed E-state index contributed by atoms with van der Waals surface area (Å²) in [5.41, 5.74) is 0.332. The number of carbonyl (C=O) groups is 2. The highest BCUT2D eigenvalue weighted by Crippen LogP contribution is 2.22. The Labute approximate surface area is 148 Å². The second-order valence-electron chi connectivity index (χ2n) is 6.12. The van der Waals surface area contributed by atoms with Gasteiger partial charge >= 0.3 is 5.97 Å². The molecule has 0 fully saturated rings. The number of amides is 1. The standard InChI is InChI=1S/C20H23NO4/c1-14(2)15(3)21-19(22)13-24-20(23)16-8-7-11-18(12-16)25-17-9-5-4-6-10-17/h4-12,14-15H,13H2,1-3H3,(H,21,22). The van der Waals surface area contributed by atoms with Gasteiger partial charge in [-0.05, 0) is 43.2 Å². The second kappa shape index (κ2) is 8.87. The molecule has 0 aliphatic heterocycles. The van der Waals surface area contributed by atoms with E-state index in [1.54, 1.807) is 24.3 Å². The van der Waals surface area contributed by atoms with Gasteiger partial charge in [-0.3, -0.25) is 4.79 Å². The number of ether oxygens (including phenoxy) is 2. The maximum atomic E-state index is 12.1. The third kappa shape index (κ3) is 5.95. The van der Waals surface area contributed by atoms with Crippen LogP contribution in [0.3, 0.4) is 0 Å². The molecule has 0 aromatic heterocycles. The maximum Gasteiger partial charge on any atom is 0.338 e. The second-order valence-corrected chi connectivity index (χ2v) is 6.12. The average Bonchev–Trinajstić information content (AvgIpc) is 2.60. The molecule has 1 unspecified atom stereocenters. The minimum absolute atomic E-state index is 0.0220. The predicted octanol–water partition coefficient (Wildman–Crippen LogP) is 3.80. The highest BCUT2D eigenvalue weighted by molar-refractivity contribution is 5.91. The SMILES string of the molecule is CC(C)C(C)NC(=O)COC(=O)c1cccc(Oc2ccccc2)c1. The number of para-hydroxylation sites is 1. The third-order valence-corrected chi connectivity index (χ3v) is 3.77. The zero-order valence-electron chi connectivity index (χ0n) is 14.7. The molecule has 0 saturated carbocycles. The molecule has 0 aliphatic rings. The van der Waals surface area contributed by atoms with Crippen LogP contribution in [0.25, 0.3) is 0 Å². The first-order chi connectivity index (χ1) is 12.0. The molecule has 2 aromatic rings. The Kier molecular flexibility index (Phi) is 6.57. The molecule has 1 amide bonds. The minimum atomic E-state index is -0.564. The Morgan fingerprint density at radius 2 is 1.64 bits per heavy atom. The van der Waals surface area contributed by atoms with Crippen molar-refractivity contribution in [3.05, 3.63) is 60.2 Å². The van der Waals surface area contributed by atoms with E-state index in [9.17, 15) is 9.59 Å². The van der Waals surface area contributed by atoms with Crippen LogP contribution in [0.2, 0.25) is 0 Å². The van der Waals surface area contributed by atoms with Crippen LogP contribution in [0.1, 0.15) is 31.1 Å². The number of carbonyl (C=O) groups excluding carboxylic acids is 2. The van der Waals surface area contributed by atoms with Crippen LogP contribution in [0.4, 0.5) is 0 Å². The Hall–Kier alpha value is -2.82. The minimum Gasteiger partial charge on any atom is -0.457 e. The smallest absolute Gasteiger partial charge is 0.338 e. The first-order valence-corrected chi connectivity index (χ1v) is 8.25. The zero-order valence-corrected chi connectivity index (χ0v) is 14.7. The fourth-order valence-electron chi connectivity index (χ4n) is 1.99. The van der Waals surface area contributed by atoms with Crippen molar-refractivity contribution in [1.29, 1.82) is 0 Å². The molecular weight excluding hydrogens is 318 g/mol. The van der Waals surface area contributed by atoms with Crippen molar-refractivity contribution in [2.75, 3.05) is 6.61 Å². The summed E-state index contributed by atoms with van der Waals surface area (Å²) in [6.45, 7) is 5.62. The Balaban J connectivity index is 1.91. The summed E-state index contributed by atoms with van der Waals surface area (Å²) < 4.78 is 10.8. The van der Waals surface area contributed by atoms with E-state index in [1.807, 2.05) is 51.1 Å². The van der Waals surface area contributed by atoms with Crippen molar-refractivity contribution >= 4 is 11.9 Å². The van der Waals surface area contributed by atoms with E-state index in [2.05, 4.69) is 5.32 Å². The van der Waals surface area contributed by atoms with Gasteiger partial charge in [-0.2, -0.15) is 0 Å². The largest absolute Gasteiger partial charge is 0.457 e. The van der Waals surface area contributed by atoms with E-state index in [0.29, 0.717) is 23.0 Å². The van der Waals surface area contributed by atoms with E-state index >= 15 is 0 Å². The van der Waals surface area contributed by atoms with Crippen LogP contribution in [0.5, 0.6) is 11.5 Å². The number of esters is 1. The number of benzene rings is 2. The molecule has 0 radical (unpaired) electrons. The van der Waals surface area contributed by atoms with Gasteiger partial charge in [0.05, 0.1) is 5.56 Å². The van der Waals surface area contributed by atoms with Crippen molar-refractivity contribution in [2.24, 2.45) is 5.92 Å². The van der Waals surface area contributed by atoms with Gasteiger partial charge < -0.3 is 14.8 Å². The van der Waals surface area contributed by atoms with E-state index in [4.69, 9.17) is 9.47 Å². The van der Waals surface area contributed by atoms with E-state index in [-0.39, 0.29) is 18.6 Å². The van der Waals surface area contributed by atoms with Gasteiger partial charge in [0, 0.05) is 6.04 Å². The Morgan fingerprint density at radius 1 is 0.960 bits per heavy atom. The number of hydrogen-bond acceptors (Lipinski definition) is 4. The first kappa shape index (κ1) is 18.5. The van der Waals surface area contributed by atoms with Gasteiger partial charge in [-0.15, -0.1) is 0 Å². The molecule has 2 aromatic carbocycles. The summed E-state index contributed by atoms with van der Waals surface area (Å²) in [6, 6.07) is 16.0. The van der Waals surface area contributed by atoms with Gasteiger partial charge in [0.1, 0.15) is 11.5 Å². The summed E-state index contributed by atoms with van der Waals surface area (Å²) in [6.07, 6.45) is 0. The van der Waals surface area contributed by atoms with Gasteiger partial charge in [0.2, 0.25) is 0 Å². The molecule has 1 atom stereocenters. The van der Waals surface area contributed by atoms with Crippen LogP contribution in [-0.4, -0.2) is 24.5 Å². The van der Waals surface area contributed by atoms with E-state index in [1.165, 1.54) is 0 Å². The lowest BCUT2D eigenvalue weighted by Gasteiger charge is -2.17. The fourth-order valence-corrected chi connectivity index (χ4v) is 1.99. The summed E-state index contributed by atoms with van der Waals surface area (Å²) in [7, 11) is 0. The molecule has 132 valence electrons. The third-order valence-electron chi connectivity index (χ3n) is 3.77. The summed E-state index contributed by atoms with van der Waals surface area (Å²) in [4.78, 5) is 23.9. The van der Waals surface area contributed by atoms with Crippen LogP contribution >= 0.6 is 0 Å². The first-order valence-electron chi connectivity index (χ1n) is 8.25. The van der Waals surface area contributed by atoms with Gasteiger partial charge in [-0.25, -0.2) is 4.79 Å². The maximum absolute atomic E-state index is 12.1. The highest BCUT2D eigenvalue weighted by Gasteiger charge is 2.14. The van der Waals surface area contributed by atoms with Crippen LogP contribution < -0.4 is 10.1 Å². The van der Waals surface area contributed by atoms with Crippen LogP contribution in [-0.2, 0) is 9.53 Å². The van der Waals surface area contributed by atoms with Crippen LogP contribution in [0.15, 0.2) is 54.6 Å². The van der Waals surface area contributed by atoms with Gasteiger partial charge in [0.15, 0.2) is 6.61 Å². The quantitative estimate of drug-likeness (QED) is 0.778. The van der Waals surface area contributed by atoms with Crippen LogP contribution in [0, 0.1) is 5.92 Å². The van der Waals surface area contributed by atoms with Crippen molar-refractivity contribution in [3.63, 3.8) is 0 Å². The summed E-state index contributed by atoms with van der Waals surface area (Å²) >= 11 is 0. The lowest BCUT2D eigenvalue weighted by molar-refractivity contribution is -0.125. The van der Waals surface area contributed by atoms with Crippen molar-refractivity contribution in [2.45, 2.75) is 26.8 Å². The molecule has 0 aliphatic carbocycles. The summed E-state index contributed by atoms with van der Waals surface area (Å²) in [5.74, 6) is 0.636. The highest BCUT2D eigenvalue weighted by atomic mass is 16.5. The molecule has 5 heteroatoms. The lowest BCUT2D eigenvalue weighted by Crippen LogP contribution is -2.38. The predicted molar refractivity (Wildman–Crippen MR) is 95.7 cm³/mol. The molecule has 5 nitrogen and oxygen atoms in total. The monoisotopic (exact) mass is 341 g/mol. The van der Waals surface area contributed by atoms with Crippen molar-refractivity contribution in [3.8, 4) is 11.5 Å². The Bertz CT molecular complexity index is 713. The molecule has 25 heavy (non-hydrogen) atoms. The van der Waals surface area contributed by atoms with Crippen molar-refractivity contribution in [1.82, 2.24) is 5.32 Å². The molecular formula is C20H23NO4. The molecule has 0 bridgehead atoms. The normalized spacial score (nSPS) is 11.7. The lowest BCUT2D eigenvalue weighted by atomic mass is 10.1.